The van der Waals surface area contributed by atoms with Crippen molar-refractivity contribution in [3.8, 4) is 5.75 Å². The van der Waals surface area contributed by atoms with Crippen molar-refractivity contribution in [2.45, 2.75) is 43.6 Å². The van der Waals surface area contributed by atoms with Crippen molar-refractivity contribution in [2.24, 2.45) is 5.73 Å². The topological polar surface area (TPSA) is 145 Å². The van der Waals surface area contributed by atoms with Crippen LogP contribution in [0.4, 0.5) is 4.79 Å². The Morgan fingerprint density at radius 3 is 2.31 bits per heavy atom. The number of imide groups is 1. The molecule has 1 aromatic carbocycles. The van der Waals surface area contributed by atoms with Crippen LogP contribution in [0.2, 0.25) is 0 Å². The molecule has 1 aromatic rings. The van der Waals surface area contributed by atoms with Gasteiger partial charge in [0.15, 0.2) is 6.10 Å². The van der Waals surface area contributed by atoms with E-state index in [-0.39, 0.29) is 16.2 Å². The van der Waals surface area contributed by atoms with Gasteiger partial charge in [0.1, 0.15) is 10.6 Å². The first-order valence-corrected chi connectivity index (χ1v) is 10.6. The number of methoxy groups -OCH3 is 1. The molecule has 0 bridgehead atoms. The van der Waals surface area contributed by atoms with Crippen LogP contribution in [-0.2, 0) is 19.6 Å². The van der Waals surface area contributed by atoms with Crippen molar-refractivity contribution in [2.75, 3.05) is 20.2 Å². The Bertz CT molecular complexity index is 877. The number of carbonyl (C=O) groups is 3. The fourth-order valence-electron chi connectivity index (χ4n) is 2.93. The SMILES string of the molecule is COc1ccc(C(=O)OC(C)C(=O)NC(N)=O)cc1S(=O)(=O)N1CCCCCC1. The normalized spacial score (nSPS) is 16.3. The summed E-state index contributed by atoms with van der Waals surface area (Å²) in [5, 5.41) is 1.80. The largest absolute Gasteiger partial charge is 0.495 e. The highest BCUT2D eigenvalue weighted by Gasteiger charge is 2.30. The molecule has 1 saturated heterocycles. The van der Waals surface area contributed by atoms with Crippen molar-refractivity contribution in [3.63, 3.8) is 0 Å². The molecule has 1 unspecified atom stereocenters. The fourth-order valence-corrected chi connectivity index (χ4v) is 4.63. The van der Waals surface area contributed by atoms with E-state index in [0.717, 1.165) is 25.7 Å². The summed E-state index contributed by atoms with van der Waals surface area (Å²) < 4.78 is 37.8. The quantitative estimate of drug-likeness (QED) is 0.644. The number of amides is 3. The number of primary amides is 1. The van der Waals surface area contributed by atoms with Crippen molar-refractivity contribution in [1.82, 2.24) is 9.62 Å². The number of hydrogen-bond acceptors (Lipinski definition) is 7. The minimum absolute atomic E-state index is 0.0714. The lowest BCUT2D eigenvalue weighted by Crippen LogP contribution is -2.42. The van der Waals surface area contributed by atoms with Gasteiger partial charge < -0.3 is 15.2 Å². The number of hydrogen-bond donors (Lipinski definition) is 2. The molecule has 0 spiro atoms. The monoisotopic (exact) mass is 427 g/mol. The predicted octanol–water partition coefficient (Wildman–Crippen LogP) is 1.00. The molecule has 10 nitrogen and oxygen atoms in total. The molecule has 160 valence electrons. The van der Waals surface area contributed by atoms with Gasteiger partial charge in [-0.15, -0.1) is 0 Å². The molecule has 0 aromatic heterocycles. The maximum absolute atomic E-state index is 13.1. The Balaban J connectivity index is 2.28. The number of carbonyl (C=O) groups excluding carboxylic acids is 3. The molecule has 1 heterocycles. The van der Waals surface area contributed by atoms with Gasteiger partial charge in [-0.3, -0.25) is 10.1 Å². The molecular formula is C18H25N3O7S. The average molecular weight is 427 g/mol. The van der Waals surface area contributed by atoms with E-state index >= 15 is 0 Å². The summed E-state index contributed by atoms with van der Waals surface area (Å²) in [5.41, 5.74) is 4.79. The maximum atomic E-state index is 13.1. The number of rotatable bonds is 6. The second kappa shape index (κ2) is 9.70. The maximum Gasteiger partial charge on any atom is 0.338 e. The molecule has 2 rings (SSSR count). The van der Waals surface area contributed by atoms with Crippen LogP contribution in [0.3, 0.4) is 0 Å². The standard InChI is InChI=1S/C18H25N3O7S/c1-12(16(22)20-18(19)24)28-17(23)13-7-8-14(27-2)15(11-13)29(25,26)21-9-5-3-4-6-10-21/h7-8,11-12H,3-6,9-10H2,1-2H3,(H3,19,20,22,24). The van der Waals surface area contributed by atoms with E-state index in [0.29, 0.717) is 13.1 Å². The molecule has 1 atom stereocenters. The summed E-state index contributed by atoms with van der Waals surface area (Å²) in [6.07, 6.45) is 2.13. The Morgan fingerprint density at radius 2 is 1.76 bits per heavy atom. The van der Waals surface area contributed by atoms with E-state index in [1.54, 1.807) is 5.32 Å². The Kier molecular flexibility index (Phi) is 7.57. The van der Waals surface area contributed by atoms with Crippen LogP contribution in [-0.4, -0.2) is 56.9 Å². The van der Waals surface area contributed by atoms with Crippen LogP contribution in [0.1, 0.15) is 43.0 Å². The molecule has 0 aliphatic carbocycles. The summed E-state index contributed by atoms with van der Waals surface area (Å²) >= 11 is 0. The average Bonchev–Trinajstić information content (AvgIpc) is 2.96. The summed E-state index contributed by atoms with van der Waals surface area (Å²) in [5.74, 6) is -1.71. The van der Waals surface area contributed by atoms with E-state index in [2.05, 4.69) is 0 Å². The minimum Gasteiger partial charge on any atom is -0.495 e. The predicted molar refractivity (Wildman–Crippen MR) is 103 cm³/mol. The molecule has 11 heteroatoms. The zero-order chi connectivity index (χ0) is 21.6. The lowest BCUT2D eigenvalue weighted by molar-refractivity contribution is -0.127. The lowest BCUT2D eigenvalue weighted by atomic mass is 10.2. The van der Waals surface area contributed by atoms with Crippen molar-refractivity contribution < 1.29 is 32.3 Å². The number of nitrogens with two attached hydrogens (primary N) is 1. The van der Waals surface area contributed by atoms with E-state index in [4.69, 9.17) is 15.2 Å². The van der Waals surface area contributed by atoms with Crippen molar-refractivity contribution in [3.05, 3.63) is 23.8 Å². The number of sulfonamides is 1. The molecule has 3 N–H and O–H groups in total. The third-order valence-corrected chi connectivity index (χ3v) is 6.40. The highest BCUT2D eigenvalue weighted by molar-refractivity contribution is 7.89. The van der Waals surface area contributed by atoms with E-state index in [1.807, 2.05) is 0 Å². The van der Waals surface area contributed by atoms with Gasteiger partial charge in [-0.25, -0.2) is 18.0 Å². The fraction of sp³-hybridized carbons (Fsp3) is 0.500. The van der Waals surface area contributed by atoms with Gasteiger partial charge in [-0.2, -0.15) is 4.31 Å². The van der Waals surface area contributed by atoms with Crippen molar-refractivity contribution >= 4 is 27.9 Å². The van der Waals surface area contributed by atoms with E-state index in [9.17, 15) is 22.8 Å². The third-order valence-electron chi connectivity index (χ3n) is 4.48. The number of nitrogens with zero attached hydrogens (tertiary/aromatic N) is 1. The van der Waals surface area contributed by atoms with Gasteiger partial charge in [0, 0.05) is 13.1 Å². The van der Waals surface area contributed by atoms with Crippen molar-refractivity contribution in [1.29, 1.82) is 0 Å². The zero-order valence-corrected chi connectivity index (χ0v) is 17.2. The third kappa shape index (κ3) is 5.67. The van der Waals surface area contributed by atoms with E-state index in [1.165, 1.54) is 36.5 Å². The zero-order valence-electron chi connectivity index (χ0n) is 16.3. The van der Waals surface area contributed by atoms with Crippen LogP contribution < -0.4 is 15.8 Å². The smallest absolute Gasteiger partial charge is 0.338 e. The number of urea groups is 1. The molecule has 0 saturated carbocycles. The van der Waals surface area contributed by atoms with Gasteiger partial charge in [-0.05, 0) is 38.0 Å². The minimum atomic E-state index is -3.88. The number of ether oxygens (including phenoxy) is 2. The van der Waals surface area contributed by atoms with Gasteiger partial charge in [0.05, 0.1) is 12.7 Å². The first-order chi connectivity index (χ1) is 13.7. The second-order valence-electron chi connectivity index (χ2n) is 6.58. The molecule has 29 heavy (non-hydrogen) atoms. The second-order valence-corrected chi connectivity index (χ2v) is 8.49. The van der Waals surface area contributed by atoms with Gasteiger partial charge in [-0.1, -0.05) is 12.8 Å². The molecular weight excluding hydrogens is 402 g/mol. The molecule has 1 aliphatic heterocycles. The summed E-state index contributed by atoms with van der Waals surface area (Å²) in [6.45, 7) is 2.05. The Labute approximate surface area is 169 Å². The molecule has 1 aliphatic rings. The first kappa shape index (κ1) is 22.6. The number of benzene rings is 1. The Hall–Kier alpha value is -2.66. The lowest BCUT2D eigenvalue weighted by Gasteiger charge is -2.21. The number of nitrogens with one attached hydrogen (secondary N) is 1. The van der Waals surface area contributed by atoms with Crippen LogP contribution in [0.5, 0.6) is 5.75 Å². The summed E-state index contributed by atoms with van der Waals surface area (Å²) in [6, 6.07) is 2.78. The van der Waals surface area contributed by atoms with Crippen LogP contribution in [0.15, 0.2) is 23.1 Å². The summed E-state index contributed by atoms with van der Waals surface area (Å²) in [7, 11) is -2.55. The first-order valence-electron chi connectivity index (χ1n) is 9.16. The highest BCUT2D eigenvalue weighted by Crippen LogP contribution is 2.29. The van der Waals surface area contributed by atoms with Crippen LogP contribution in [0, 0.1) is 0 Å². The Morgan fingerprint density at radius 1 is 1.14 bits per heavy atom. The van der Waals surface area contributed by atoms with Crippen LogP contribution in [0.25, 0.3) is 0 Å². The van der Waals surface area contributed by atoms with Gasteiger partial charge >= 0.3 is 12.0 Å². The number of esters is 1. The highest BCUT2D eigenvalue weighted by atomic mass is 32.2. The summed E-state index contributed by atoms with van der Waals surface area (Å²) in [4.78, 5) is 34.6. The molecule has 3 amide bonds. The molecule has 0 radical (unpaired) electrons. The van der Waals surface area contributed by atoms with Gasteiger partial charge in [0.25, 0.3) is 5.91 Å². The van der Waals surface area contributed by atoms with Gasteiger partial charge in [0.2, 0.25) is 10.0 Å². The van der Waals surface area contributed by atoms with E-state index < -0.39 is 34.0 Å². The van der Waals surface area contributed by atoms with Crippen LogP contribution >= 0.6 is 0 Å². The molecule has 1 fully saturated rings.